The zero-order chi connectivity index (χ0) is 23.2. The Bertz CT molecular complexity index is 1240. The Kier molecular flexibility index (Phi) is 5.26. The minimum Gasteiger partial charge on any atom is -0.386 e. The first-order valence-corrected chi connectivity index (χ1v) is 11.8. The highest BCUT2D eigenvalue weighted by atomic mass is 16.5. The van der Waals surface area contributed by atoms with Crippen molar-refractivity contribution in [2.24, 2.45) is 0 Å². The summed E-state index contributed by atoms with van der Waals surface area (Å²) < 4.78 is 13.5. The number of rotatable bonds is 2. The Morgan fingerprint density at radius 2 is 2.09 bits per heavy atom. The minimum atomic E-state index is -0.244. The fourth-order valence-corrected chi connectivity index (χ4v) is 4.87. The van der Waals surface area contributed by atoms with Crippen LogP contribution in [0.5, 0.6) is 0 Å². The highest BCUT2D eigenvalue weighted by Crippen LogP contribution is 2.31. The summed E-state index contributed by atoms with van der Waals surface area (Å²) in [6.07, 6.45) is 3.51. The van der Waals surface area contributed by atoms with E-state index < -0.39 is 0 Å². The van der Waals surface area contributed by atoms with E-state index in [1.54, 1.807) is 0 Å². The van der Waals surface area contributed by atoms with Gasteiger partial charge in [-0.25, -0.2) is 19.3 Å². The van der Waals surface area contributed by atoms with E-state index in [0.29, 0.717) is 30.2 Å². The quantitative estimate of drug-likeness (QED) is 0.533. The predicted molar refractivity (Wildman–Crippen MR) is 130 cm³/mol. The molecule has 1 saturated carbocycles. The summed E-state index contributed by atoms with van der Waals surface area (Å²) in [6, 6.07) is 8.06. The van der Waals surface area contributed by atoms with Gasteiger partial charge in [0.25, 0.3) is 0 Å². The Labute approximate surface area is 197 Å². The number of ether oxygens (including phenoxy) is 2. The number of morpholine rings is 1. The number of amides is 1. The molecule has 0 spiro atoms. The summed E-state index contributed by atoms with van der Waals surface area (Å²) in [4.78, 5) is 24.6. The summed E-state index contributed by atoms with van der Waals surface area (Å²) >= 11 is 0. The lowest BCUT2D eigenvalue weighted by Gasteiger charge is -2.37. The van der Waals surface area contributed by atoms with E-state index in [2.05, 4.69) is 51.0 Å². The van der Waals surface area contributed by atoms with Gasteiger partial charge in [0.05, 0.1) is 37.2 Å². The van der Waals surface area contributed by atoms with Crippen molar-refractivity contribution < 1.29 is 14.3 Å². The van der Waals surface area contributed by atoms with Gasteiger partial charge in [0.1, 0.15) is 17.7 Å². The molecular formula is C24H29N7O3. The average Bonchev–Trinajstić information content (AvgIpc) is 3.25. The van der Waals surface area contributed by atoms with Crippen molar-refractivity contribution in [3.05, 3.63) is 36.2 Å². The lowest BCUT2D eigenvalue weighted by Crippen LogP contribution is -2.52. The number of pyridine rings is 1. The van der Waals surface area contributed by atoms with Gasteiger partial charge in [-0.15, -0.1) is 0 Å². The molecule has 10 heteroatoms. The van der Waals surface area contributed by atoms with E-state index in [1.807, 2.05) is 13.1 Å². The van der Waals surface area contributed by atoms with Gasteiger partial charge in [-0.1, -0.05) is 0 Å². The molecule has 1 saturated heterocycles. The van der Waals surface area contributed by atoms with Crippen LogP contribution >= 0.6 is 0 Å². The van der Waals surface area contributed by atoms with Crippen LogP contribution in [0, 0.1) is 0 Å². The molecular weight excluding hydrogens is 434 g/mol. The predicted octanol–water partition coefficient (Wildman–Crippen LogP) is 3.06. The van der Waals surface area contributed by atoms with Crippen molar-refractivity contribution in [2.45, 2.75) is 44.6 Å². The second-order valence-electron chi connectivity index (χ2n) is 9.22. The molecule has 2 aromatic heterocycles. The van der Waals surface area contributed by atoms with E-state index in [9.17, 15) is 4.79 Å². The molecule has 1 aliphatic carbocycles. The maximum atomic E-state index is 13.0. The topological polar surface area (TPSA) is 106 Å². The fraction of sp³-hybridized carbons (Fsp3) is 0.458. The third-order valence-electron chi connectivity index (χ3n) is 6.83. The highest BCUT2D eigenvalue weighted by Gasteiger charge is 2.34. The first-order valence-electron chi connectivity index (χ1n) is 11.8. The summed E-state index contributed by atoms with van der Waals surface area (Å²) in [5.74, 6) is 0.629. The van der Waals surface area contributed by atoms with Crippen LogP contribution in [0.25, 0.3) is 11.2 Å². The van der Waals surface area contributed by atoms with Gasteiger partial charge in [0.2, 0.25) is 0 Å². The van der Waals surface area contributed by atoms with Crippen molar-refractivity contribution in [1.29, 1.82) is 0 Å². The molecule has 2 aliphatic heterocycles. The van der Waals surface area contributed by atoms with Crippen LogP contribution in [0.15, 0.2) is 30.6 Å². The number of hydrogen-bond acceptors (Lipinski definition) is 8. The number of anilines is 4. The highest BCUT2D eigenvalue weighted by molar-refractivity contribution is 5.94. The molecule has 34 heavy (non-hydrogen) atoms. The van der Waals surface area contributed by atoms with E-state index in [-0.39, 0.29) is 24.3 Å². The van der Waals surface area contributed by atoms with Gasteiger partial charge >= 0.3 is 6.03 Å². The van der Waals surface area contributed by atoms with Crippen LogP contribution in [0.3, 0.4) is 0 Å². The monoisotopic (exact) mass is 463 g/mol. The number of carbonyl (C=O) groups excluding carboxylic acids is 1. The number of carbonyl (C=O) groups is 1. The second kappa shape index (κ2) is 8.44. The Balaban J connectivity index is 1.44. The van der Waals surface area contributed by atoms with Crippen LogP contribution in [-0.4, -0.2) is 65.6 Å². The van der Waals surface area contributed by atoms with Crippen LogP contribution in [-0.2, 0) is 16.1 Å². The number of imidazole rings is 1. The molecule has 3 atom stereocenters. The van der Waals surface area contributed by atoms with Crippen molar-refractivity contribution in [2.75, 3.05) is 42.3 Å². The lowest BCUT2D eigenvalue weighted by molar-refractivity contribution is -0.0323. The van der Waals surface area contributed by atoms with Crippen molar-refractivity contribution >= 4 is 40.1 Å². The maximum Gasteiger partial charge on any atom is 0.328 e. The molecule has 4 heterocycles. The average molecular weight is 464 g/mol. The van der Waals surface area contributed by atoms with Gasteiger partial charge < -0.3 is 30.3 Å². The first-order chi connectivity index (χ1) is 16.6. The molecule has 10 nitrogen and oxygen atoms in total. The first kappa shape index (κ1) is 21.2. The third kappa shape index (κ3) is 3.82. The van der Waals surface area contributed by atoms with Gasteiger partial charge in [-0.05, 0) is 43.5 Å². The molecule has 6 rings (SSSR count). The molecule has 4 bridgehead atoms. The molecule has 3 N–H and O–H groups in total. The van der Waals surface area contributed by atoms with E-state index in [4.69, 9.17) is 14.5 Å². The zero-order valence-corrected chi connectivity index (χ0v) is 19.4. The van der Waals surface area contributed by atoms with Crippen LogP contribution in [0.2, 0.25) is 0 Å². The Morgan fingerprint density at radius 3 is 2.88 bits per heavy atom. The molecule has 178 valence electrons. The Hall–Kier alpha value is -3.37. The van der Waals surface area contributed by atoms with Crippen LogP contribution in [0.1, 0.15) is 25.3 Å². The van der Waals surface area contributed by atoms with Gasteiger partial charge in [-0.2, -0.15) is 0 Å². The molecule has 3 aliphatic rings. The molecule has 0 radical (unpaired) electrons. The molecule has 0 unspecified atom stereocenters. The zero-order valence-electron chi connectivity index (χ0n) is 19.4. The van der Waals surface area contributed by atoms with E-state index in [1.165, 1.54) is 10.9 Å². The molecule has 1 amide bonds. The summed E-state index contributed by atoms with van der Waals surface area (Å²) in [5.41, 5.74) is 5.07. The van der Waals surface area contributed by atoms with Crippen LogP contribution in [0.4, 0.5) is 27.7 Å². The summed E-state index contributed by atoms with van der Waals surface area (Å²) in [5, 5.41) is 9.72. The number of nitrogens with one attached hydrogen (secondary N) is 3. The largest absolute Gasteiger partial charge is 0.386 e. The van der Waals surface area contributed by atoms with Crippen molar-refractivity contribution in [3.63, 3.8) is 0 Å². The maximum absolute atomic E-state index is 13.0. The standard InChI is InChI=1S/C24H29N7O3/c1-14-11-30(5-6-33-14)17-8-15-7-16(9-17)27-21-10-19(25-2)22-23(29-21)31(13-26-22)24(32)28-18-3-4-20(18)34-12-15/h7-10,13-14,18,20H,3-6,11-12H2,1-2H3,(H,28,32)(H2,25,27,29)/t14-,18-,20-/m1/s1. The molecule has 3 aromatic rings. The summed E-state index contributed by atoms with van der Waals surface area (Å²) in [7, 11) is 1.84. The SMILES string of the molecule is CNc1cc2nc3c1ncn3C(=O)N[C@@H]1CC[C@H]1OCc1cc(cc(N3CCO[C@H](C)C3)c1)N2. The minimum absolute atomic E-state index is 0.0125. The number of aromatic nitrogens is 3. The number of fused-ring (bicyclic) bond motifs is 4. The lowest BCUT2D eigenvalue weighted by atomic mass is 9.89. The van der Waals surface area contributed by atoms with Gasteiger partial charge in [0.15, 0.2) is 5.65 Å². The van der Waals surface area contributed by atoms with Crippen molar-refractivity contribution in [1.82, 2.24) is 19.9 Å². The fourth-order valence-electron chi connectivity index (χ4n) is 4.87. The number of nitrogens with zero attached hydrogens (tertiary/aromatic N) is 4. The number of benzene rings is 1. The van der Waals surface area contributed by atoms with Gasteiger partial charge in [-0.3, -0.25) is 0 Å². The molecule has 1 aromatic carbocycles. The molecule has 2 fully saturated rings. The third-order valence-corrected chi connectivity index (χ3v) is 6.83. The smallest absolute Gasteiger partial charge is 0.328 e. The van der Waals surface area contributed by atoms with Crippen LogP contribution < -0.4 is 20.9 Å². The Morgan fingerprint density at radius 1 is 1.18 bits per heavy atom. The number of hydrogen-bond donors (Lipinski definition) is 3. The van der Waals surface area contributed by atoms with Gasteiger partial charge in [0, 0.05) is 37.6 Å². The van der Waals surface area contributed by atoms with Crippen molar-refractivity contribution in [3.8, 4) is 0 Å². The second-order valence-corrected chi connectivity index (χ2v) is 9.22. The van der Waals surface area contributed by atoms with E-state index in [0.717, 1.165) is 48.6 Å². The van der Waals surface area contributed by atoms with E-state index >= 15 is 0 Å². The summed E-state index contributed by atoms with van der Waals surface area (Å²) in [6.45, 7) is 4.97. The normalized spacial score (nSPS) is 24.6.